The molecule has 0 unspecified atom stereocenters. The van der Waals surface area contributed by atoms with Gasteiger partial charge in [-0.25, -0.2) is 8.42 Å². The summed E-state index contributed by atoms with van der Waals surface area (Å²) in [6, 6.07) is 5.54. The van der Waals surface area contributed by atoms with Crippen LogP contribution in [0.3, 0.4) is 0 Å². The van der Waals surface area contributed by atoms with Gasteiger partial charge in [0.1, 0.15) is 0 Å². The van der Waals surface area contributed by atoms with Gasteiger partial charge in [0.25, 0.3) is 0 Å². The third-order valence-electron chi connectivity index (χ3n) is 3.20. The lowest BCUT2D eigenvalue weighted by Gasteiger charge is -2.28. The molecule has 1 aliphatic heterocycles. The average Bonchev–Trinajstić information content (AvgIpc) is 2.38. The summed E-state index contributed by atoms with van der Waals surface area (Å²) in [7, 11) is -2.48. The molecule has 2 N–H and O–H groups in total. The lowest BCUT2D eigenvalue weighted by atomic mass is 10.00. The van der Waals surface area contributed by atoms with E-state index in [1.165, 1.54) is 11.4 Å². The molecule has 0 aliphatic carbocycles. The van der Waals surface area contributed by atoms with Gasteiger partial charge in [-0.3, -0.25) is 4.79 Å². The Balaban J connectivity index is 2.22. The third kappa shape index (κ3) is 2.87. The molecule has 0 atom stereocenters. The van der Waals surface area contributed by atoms with Gasteiger partial charge in [-0.15, -0.1) is 0 Å². The van der Waals surface area contributed by atoms with Crippen LogP contribution in [0, 0.1) is 0 Å². The number of nitrogens with zero attached hydrogens (tertiary/aromatic N) is 1. The van der Waals surface area contributed by atoms with E-state index in [2.05, 4.69) is 4.74 Å². The first kappa shape index (κ1) is 13.8. The van der Waals surface area contributed by atoms with Crippen LogP contribution in [0.15, 0.2) is 18.2 Å². The minimum atomic E-state index is -3.65. The van der Waals surface area contributed by atoms with E-state index in [-0.39, 0.29) is 6.54 Å². The number of sulfonamides is 1. The van der Waals surface area contributed by atoms with E-state index in [9.17, 15) is 13.2 Å². The van der Waals surface area contributed by atoms with Gasteiger partial charge in [-0.05, 0) is 23.6 Å². The highest BCUT2D eigenvalue weighted by Gasteiger charge is 2.29. The number of nitrogen functional groups attached to an aromatic ring is 1. The second-order valence-electron chi connectivity index (χ2n) is 4.40. The van der Waals surface area contributed by atoms with E-state index < -0.39 is 21.7 Å². The van der Waals surface area contributed by atoms with Crippen molar-refractivity contribution in [1.29, 1.82) is 0 Å². The van der Waals surface area contributed by atoms with Gasteiger partial charge in [0.2, 0.25) is 10.0 Å². The number of hydrogen-bond donors (Lipinski definition) is 1. The normalized spacial score (nSPS) is 15.8. The number of anilines is 1. The molecule has 0 radical (unpaired) electrons. The van der Waals surface area contributed by atoms with Gasteiger partial charge >= 0.3 is 5.97 Å². The van der Waals surface area contributed by atoms with Crippen LogP contribution >= 0.6 is 0 Å². The second kappa shape index (κ2) is 5.18. The third-order valence-corrected chi connectivity index (χ3v) is 4.89. The van der Waals surface area contributed by atoms with Crippen molar-refractivity contribution in [1.82, 2.24) is 4.31 Å². The largest absolute Gasteiger partial charge is 0.468 e. The quantitative estimate of drug-likeness (QED) is 0.629. The zero-order valence-corrected chi connectivity index (χ0v) is 11.4. The van der Waals surface area contributed by atoms with Gasteiger partial charge in [0.05, 0.1) is 7.11 Å². The smallest absolute Gasteiger partial charge is 0.322 e. The van der Waals surface area contributed by atoms with Crippen molar-refractivity contribution in [3.8, 4) is 0 Å². The summed E-state index contributed by atoms with van der Waals surface area (Å²) in [5.41, 5.74) is 8.32. The minimum Gasteiger partial charge on any atom is -0.468 e. The summed E-state index contributed by atoms with van der Waals surface area (Å²) in [4.78, 5) is 11.1. The van der Waals surface area contributed by atoms with Gasteiger partial charge in [0.15, 0.2) is 5.75 Å². The Bertz CT molecular complexity index is 598. The van der Waals surface area contributed by atoms with E-state index in [4.69, 9.17) is 5.73 Å². The van der Waals surface area contributed by atoms with E-state index in [1.807, 2.05) is 12.1 Å². The molecule has 0 aromatic heterocycles. The minimum absolute atomic E-state index is 0.210. The van der Waals surface area contributed by atoms with Gasteiger partial charge in [-0.1, -0.05) is 12.1 Å². The lowest BCUT2D eigenvalue weighted by molar-refractivity contribution is -0.137. The molecular formula is C12H16N2O4S. The molecule has 104 valence electrons. The Labute approximate surface area is 112 Å². The van der Waals surface area contributed by atoms with Crippen molar-refractivity contribution in [2.24, 2.45) is 0 Å². The topological polar surface area (TPSA) is 89.7 Å². The molecule has 0 amide bonds. The molecule has 0 saturated heterocycles. The summed E-state index contributed by atoms with van der Waals surface area (Å²) in [5.74, 6) is -1.39. The predicted molar refractivity (Wildman–Crippen MR) is 70.8 cm³/mol. The van der Waals surface area contributed by atoms with Crippen LogP contribution < -0.4 is 5.73 Å². The number of rotatable bonds is 3. The van der Waals surface area contributed by atoms with Crippen molar-refractivity contribution < 1.29 is 17.9 Å². The molecule has 6 nitrogen and oxygen atoms in total. The van der Waals surface area contributed by atoms with E-state index in [0.29, 0.717) is 18.7 Å². The molecule has 2 rings (SSSR count). The average molecular weight is 284 g/mol. The van der Waals surface area contributed by atoms with Crippen molar-refractivity contribution in [2.45, 2.75) is 13.0 Å². The van der Waals surface area contributed by atoms with Crippen LogP contribution in [-0.2, 0) is 32.5 Å². The molecule has 7 heteroatoms. The predicted octanol–water partition coefficient (Wildman–Crippen LogP) is 0.130. The maximum Gasteiger partial charge on any atom is 0.322 e. The van der Waals surface area contributed by atoms with Gasteiger partial charge in [0, 0.05) is 18.8 Å². The van der Waals surface area contributed by atoms with Gasteiger partial charge < -0.3 is 10.5 Å². The summed E-state index contributed by atoms with van der Waals surface area (Å²) < 4.78 is 29.8. The van der Waals surface area contributed by atoms with Crippen molar-refractivity contribution in [3.05, 3.63) is 29.3 Å². The second-order valence-corrected chi connectivity index (χ2v) is 6.37. The molecule has 0 spiro atoms. The zero-order valence-electron chi connectivity index (χ0n) is 10.6. The standard InChI is InChI=1S/C12H16N2O4S/c1-18-12(15)8-19(16,17)14-6-5-9-3-2-4-11(13)10(9)7-14/h2-4H,5-8,13H2,1H3. The van der Waals surface area contributed by atoms with Crippen LogP contribution in [0.5, 0.6) is 0 Å². The molecule has 1 aliphatic rings. The fraction of sp³-hybridized carbons (Fsp3) is 0.417. The number of fused-ring (bicyclic) bond motifs is 1. The Morgan fingerprint density at radius 2 is 2.21 bits per heavy atom. The monoisotopic (exact) mass is 284 g/mol. The number of esters is 1. The van der Waals surface area contributed by atoms with Crippen LogP contribution in [0.1, 0.15) is 11.1 Å². The summed E-state index contributed by atoms with van der Waals surface area (Å²) >= 11 is 0. The number of ether oxygens (including phenoxy) is 1. The fourth-order valence-electron chi connectivity index (χ4n) is 2.12. The Morgan fingerprint density at radius 1 is 1.47 bits per heavy atom. The first-order valence-electron chi connectivity index (χ1n) is 5.85. The summed E-state index contributed by atoms with van der Waals surface area (Å²) in [5, 5.41) is 0. The molecule has 1 aromatic carbocycles. The van der Waals surface area contributed by atoms with Gasteiger partial charge in [-0.2, -0.15) is 4.31 Å². The first-order chi connectivity index (χ1) is 8.94. The Kier molecular flexibility index (Phi) is 3.77. The molecule has 0 bridgehead atoms. The molecule has 0 saturated carbocycles. The van der Waals surface area contributed by atoms with Crippen molar-refractivity contribution in [2.75, 3.05) is 25.1 Å². The molecule has 19 heavy (non-hydrogen) atoms. The summed E-state index contributed by atoms with van der Waals surface area (Å²) in [6.45, 7) is 0.567. The molecule has 1 heterocycles. The number of benzene rings is 1. The Hall–Kier alpha value is -1.60. The summed E-state index contributed by atoms with van der Waals surface area (Å²) in [6.07, 6.45) is 0.598. The highest BCUT2D eigenvalue weighted by molar-refractivity contribution is 7.89. The lowest BCUT2D eigenvalue weighted by Crippen LogP contribution is -2.39. The fourth-order valence-corrected chi connectivity index (χ4v) is 3.41. The van der Waals surface area contributed by atoms with E-state index in [0.717, 1.165) is 11.1 Å². The van der Waals surface area contributed by atoms with Crippen LogP contribution in [0.25, 0.3) is 0 Å². The first-order valence-corrected chi connectivity index (χ1v) is 7.46. The number of methoxy groups -OCH3 is 1. The van der Waals surface area contributed by atoms with Crippen LogP contribution in [0.4, 0.5) is 5.69 Å². The number of carbonyl (C=O) groups excluding carboxylic acids is 1. The van der Waals surface area contributed by atoms with E-state index in [1.54, 1.807) is 6.07 Å². The van der Waals surface area contributed by atoms with E-state index >= 15 is 0 Å². The highest BCUT2D eigenvalue weighted by Crippen LogP contribution is 2.25. The Morgan fingerprint density at radius 3 is 2.89 bits per heavy atom. The molecule has 1 aromatic rings. The SMILES string of the molecule is COC(=O)CS(=O)(=O)N1CCc2cccc(N)c2C1. The maximum atomic E-state index is 12.1. The zero-order chi connectivity index (χ0) is 14.0. The number of nitrogens with two attached hydrogens (primary N) is 1. The molecule has 0 fully saturated rings. The van der Waals surface area contributed by atoms with Crippen molar-refractivity contribution in [3.63, 3.8) is 0 Å². The maximum absolute atomic E-state index is 12.1. The van der Waals surface area contributed by atoms with Crippen molar-refractivity contribution >= 4 is 21.7 Å². The number of hydrogen-bond acceptors (Lipinski definition) is 5. The number of carbonyl (C=O) groups is 1. The van der Waals surface area contributed by atoms with Crippen LogP contribution in [-0.4, -0.2) is 38.1 Å². The highest BCUT2D eigenvalue weighted by atomic mass is 32.2. The molecular weight excluding hydrogens is 268 g/mol. The van der Waals surface area contributed by atoms with Crippen LogP contribution in [0.2, 0.25) is 0 Å².